The molecule has 1 unspecified atom stereocenters. The number of carbonyl (C=O) groups is 2. The Morgan fingerprint density at radius 2 is 1.57 bits per heavy atom. The Morgan fingerprint density at radius 3 is 2.19 bits per heavy atom. The minimum absolute atomic E-state index is 0.317. The van der Waals surface area contributed by atoms with Crippen LogP contribution in [-0.4, -0.2) is 18.0 Å². The Balaban J connectivity index is 1.84. The molecular formula is C17H17NO3. The maximum absolute atomic E-state index is 11.9. The first-order valence-electron chi connectivity index (χ1n) is 6.74. The molecule has 0 aliphatic carbocycles. The topological polar surface area (TPSA) is 55.4 Å². The summed E-state index contributed by atoms with van der Waals surface area (Å²) < 4.78 is 5.14. The van der Waals surface area contributed by atoms with Crippen LogP contribution in [0.1, 0.15) is 22.8 Å². The summed E-state index contributed by atoms with van der Waals surface area (Å²) in [6.45, 7) is 1.97. The van der Waals surface area contributed by atoms with E-state index in [9.17, 15) is 9.59 Å². The highest BCUT2D eigenvalue weighted by Crippen LogP contribution is 2.04. The van der Waals surface area contributed by atoms with Gasteiger partial charge in [-0.3, -0.25) is 4.79 Å². The van der Waals surface area contributed by atoms with Crippen molar-refractivity contribution < 1.29 is 14.3 Å². The summed E-state index contributed by atoms with van der Waals surface area (Å²) in [6, 6.07) is 18.2. The molecule has 0 radical (unpaired) electrons. The largest absolute Gasteiger partial charge is 0.449 e. The third-order valence-electron chi connectivity index (χ3n) is 2.97. The van der Waals surface area contributed by atoms with Crippen molar-refractivity contribution in [1.29, 1.82) is 0 Å². The van der Waals surface area contributed by atoms with Crippen molar-refractivity contribution >= 4 is 11.9 Å². The second kappa shape index (κ2) is 7.24. The molecule has 2 aromatic carbocycles. The van der Waals surface area contributed by atoms with Gasteiger partial charge in [0.2, 0.25) is 0 Å². The van der Waals surface area contributed by atoms with E-state index in [4.69, 9.17) is 4.74 Å². The number of hydrogen-bond acceptors (Lipinski definition) is 3. The maximum Gasteiger partial charge on any atom is 0.338 e. The average molecular weight is 283 g/mol. The zero-order valence-electron chi connectivity index (χ0n) is 11.8. The average Bonchev–Trinajstić information content (AvgIpc) is 2.54. The first kappa shape index (κ1) is 14.8. The van der Waals surface area contributed by atoms with E-state index >= 15 is 0 Å². The molecule has 0 bridgehead atoms. The van der Waals surface area contributed by atoms with Crippen molar-refractivity contribution in [3.63, 3.8) is 0 Å². The van der Waals surface area contributed by atoms with E-state index in [1.165, 1.54) is 0 Å². The summed E-state index contributed by atoms with van der Waals surface area (Å²) in [5.41, 5.74) is 1.42. The van der Waals surface area contributed by atoms with Crippen molar-refractivity contribution in [1.82, 2.24) is 5.32 Å². The summed E-state index contributed by atoms with van der Waals surface area (Å²) in [6.07, 6.45) is -0.832. The van der Waals surface area contributed by atoms with Crippen LogP contribution in [0.2, 0.25) is 0 Å². The van der Waals surface area contributed by atoms with Gasteiger partial charge in [0.25, 0.3) is 5.91 Å². The second-order valence-electron chi connectivity index (χ2n) is 4.62. The van der Waals surface area contributed by atoms with Gasteiger partial charge in [-0.1, -0.05) is 48.5 Å². The third kappa shape index (κ3) is 4.45. The van der Waals surface area contributed by atoms with Gasteiger partial charge in [0.1, 0.15) is 0 Å². The molecule has 0 aliphatic rings. The summed E-state index contributed by atoms with van der Waals surface area (Å²) in [4.78, 5) is 23.7. The number of hydrogen-bond donors (Lipinski definition) is 1. The van der Waals surface area contributed by atoms with Crippen LogP contribution < -0.4 is 5.32 Å². The zero-order valence-corrected chi connectivity index (χ0v) is 11.8. The van der Waals surface area contributed by atoms with Crippen molar-refractivity contribution in [3.05, 3.63) is 71.8 Å². The fraction of sp³-hybridized carbons (Fsp3) is 0.176. The molecule has 1 amide bonds. The molecule has 0 fully saturated rings. The first-order valence-corrected chi connectivity index (χ1v) is 6.74. The smallest absolute Gasteiger partial charge is 0.338 e. The summed E-state index contributed by atoms with van der Waals surface area (Å²) in [5, 5.41) is 2.74. The van der Waals surface area contributed by atoms with Crippen molar-refractivity contribution in [3.8, 4) is 0 Å². The van der Waals surface area contributed by atoms with Gasteiger partial charge in [-0.2, -0.15) is 0 Å². The van der Waals surface area contributed by atoms with E-state index < -0.39 is 12.1 Å². The highest BCUT2D eigenvalue weighted by molar-refractivity contribution is 5.92. The molecule has 0 saturated carbocycles. The van der Waals surface area contributed by atoms with Gasteiger partial charge < -0.3 is 10.1 Å². The molecular weight excluding hydrogens is 266 g/mol. The quantitative estimate of drug-likeness (QED) is 0.858. The number of rotatable bonds is 5. The monoisotopic (exact) mass is 283 g/mol. The third-order valence-corrected chi connectivity index (χ3v) is 2.97. The fourth-order valence-electron chi connectivity index (χ4n) is 1.79. The molecule has 4 nitrogen and oxygen atoms in total. The first-order chi connectivity index (χ1) is 10.2. The summed E-state index contributed by atoms with van der Waals surface area (Å²) >= 11 is 0. The Hall–Kier alpha value is -2.62. The molecule has 0 aliphatic heterocycles. The Kier molecular flexibility index (Phi) is 5.10. The van der Waals surface area contributed by atoms with Gasteiger partial charge in [-0.05, 0) is 24.6 Å². The lowest BCUT2D eigenvalue weighted by Crippen LogP contribution is -2.35. The maximum atomic E-state index is 11.9. The number of nitrogens with one attached hydrogen (secondary N) is 1. The van der Waals surface area contributed by atoms with Crippen LogP contribution in [0.3, 0.4) is 0 Å². The SMILES string of the molecule is CC(OC(=O)c1ccccc1)C(=O)NCc1ccccc1. The molecule has 4 heteroatoms. The number of benzene rings is 2. The lowest BCUT2D eigenvalue weighted by Gasteiger charge is -2.13. The number of esters is 1. The standard InChI is InChI=1S/C17H17NO3/c1-13(21-17(20)15-10-6-3-7-11-15)16(19)18-12-14-8-4-2-5-9-14/h2-11,13H,12H2,1H3,(H,18,19). The number of amides is 1. The molecule has 0 saturated heterocycles. The normalized spacial score (nSPS) is 11.5. The van der Waals surface area contributed by atoms with Gasteiger partial charge in [0.15, 0.2) is 6.10 Å². The molecule has 0 heterocycles. The van der Waals surface area contributed by atoms with Crippen LogP contribution >= 0.6 is 0 Å². The molecule has 2 aromatic rings. The van der Waals surface area contributed by atoms with E-state index in [1.54, 1.807) is 31.2 Å². The van der Waals surface area contributed by atoms with E-state index in [-0.39, 0.29) is 5.91 Å². The Morgan fingerprint density at radius 1 is 1.00 bits per heavy atom. The predicted molar refractivity (Wildman–Crippen MR) is 79.6 cm³/mol. The fourth-order valence-corrected chi connectivity index (χ4v) is 1.79. The summed E-state index contributed by atoms with van der Waals surface area (Å²) in [7, 11) is 0. The van der Waals surface area contributed by atoms with E-state index in [0.29, 0.717) is 12.1 Å². The van der Waals surface area contributed by atoms with Gasteiger partial charge in [0.05, 0.1) is 5.56 Å². The van der Waals surface area contributed by atoms with Crippen LogP contribution in [0.4, 0.5) is 0 Å². The van der Waals surface area contributed by atoms with E-state index in [0.717, 1.165) is 5.56 Å². The van der Waals surface area contributed by atoms with E-state index in [2.05, 4.69) is 5.32 Å². The predicted octanol–water partition coefficient (Wildman–Crippen LogP) is 2.55. The summed E-state index contributed by atoms with van der Waals surface area (Å²) in [5.74, 6) is -0.818. The molecule has 2 rings (SSSR count). The Labute approximate surface area is 123 Å². The number of carbonyl (C=O) groups excluding carboxylic acids is 2. The van der Waals surface area contributed by atoms with Crippen molar-refractivity contribution in [2.24, 2.45) is 0 Å². The highest BCUT2D eigenvalue weighted by Gasteiger charge is 2.18. The van der Waals surface area contributed by atoms with Gasteiger partial charge in [-0.15, -0.1) is 0 Å². The van der Waals surface area contributed by atoms with Gasteiger partial charge in [0, 0.05) is 6.54 Å². The lowest BCUT2D eigenvalue weighted by molar-refractivity contribution is -0.129. The lowest BCUT2D eigenvalue weighted by atomic mass is 10.2. The second-order valence-corrected chi connectivity index (χ2v) is 4.62. The Bertz CT molecular complexity index is 596. The van der Waals surface area contributed by atoms with Crippen LogP contribution in [0.5, 0.6) is 0 Å². The molecule has 0 aromatic heterocycles. The van der Waals surface area contributed by atoms with E-state index in [1.807, 2.05) is 36.4 Å². The molecule has 108 valence electrons. The number of ether oxygens (including phenoxy) is 1. The van der Waals surface area contributed by atoms with Crippen LogP contribution in [0.15, 0.2) is 60.7 Å². The molecule has 1 N–H and O–H groups in total. The molecule has 21 heavy (non-hydrogen) atoms. The van der Waals surface area contributed by atoms with Crippen LogP contribution in [-0.2, 0) is 16.1 Å². The van der Waals surface area contributed by atoms with Crippen LogP contribution in [0.25, 0.3) is 0 Å². The minimum atomic E-state index is -0.832. The highest BCUT2D eigenvalue weighted by atomic mass is 16.5. The van der Waals surface area contributed by atoms with Crippen molar-refractivity contribution in [2.75, 3.05) is 0 Å². The van der Waals surface area contributed by atoms with Gasteiger partial charge >= 0.3 is 5.97 Å². The van der Waals surface area contributed by atoms with Gasteiger partial charge in [-0.25, -0.2) is 4.79 Å². The molecule has 1 atom stereocenters. The van der Waals surface area contributed by atoms with Crippen LogP contribution in [0, 0.1) is 0 Å². The van der Waals surface area contributed by atoms with Crippen molar-refractivity contribution in [2.45, 2.75) is 19.6 Å². The minimum Gasteiger partial charge on any atom is -0.449 e. The molecule has 0 spiro atoms. The zero-order chi connectivity index (χ0) is 15.1.